The van der Waals surface area contributed by atoms with Gasteiger partial charge in [-0.05, 0) is 56.0 Å². The van der Waals surface area contributed by atoms with Crippen molar-refractivity contribution in [3.8, 4) is 0 Å². The molecular weight excluding hydrogens is 449 g/mol. The van der Waals surface area contributed by atoms with Gasteiger partial charge in [0.2, 0.25) is 11.8 Å². The molecule has 2 aliphatic rings. The van der Waals surface area contributed by atoms with Gasteiger partial charge < -0.3 is 10.2 Å². The van der Waals surface area contributed by atoms with E-state index in [2.05, 4.69) is 5.32 Å². The second kappa shape index (κ2) is 10.8. The van der Waals surface area contributed by atoms with E-state index in [-0.39, 0.29) is 61.4 Å². The highest BCUT2D eigenvalue weighted by Crippen LogP contribution is 2.23. The molecule has 4 amide bonds. The van der Waals surface area contributed by atoms with Crippen molar-refractivity contribution in [2.45, 2.75) is 64.1 Å². The first-order chi connectivity index (χ1) is 16.8. The topological polar surface area (TPSA) is 86.8 Å². The number of nitrogens with one attached hydrogen (secondary N) is 1. The fraction of sp³-hybridized carbons (Fsp3) is 0.407. The number of imide groups is 1. The van der Waals surface area contributed by atoms with Gasteiger partial charge in [-0.1, -0.05) is 37.1 Å². The number of fused-ring (bicyclic) bond motifs is 1. The van der Waals surface area contributed by atoms with Crippen molar-refractivity contribution in [2.75, 3.05) is 6.54 Å². The van der Waals surface area contributed by atoms with Crippen molar-refractivity contribution in [1.29, 1.82) is 0 Å². The van der Waals surface area contributed by atoms with Gasteiger partial charge in [-0.2, -0.15) is 0 Å². The van der Waals surface area contributed by atoms with E-state index < -0.39 is 6.04 Å². The van der Waals surface area contributed by atoms with Gasteiger partial charge >= 0.3 is 0 Å². The van der Waals surface area contributed by atoms with Crippen LogP contribution in [0.25, 0.3) is 0 Å². The number of carbonyl (C=O) groups is 4. The molecule has 1 fully saturated rings. The van der Waals surface area contributed by atoms with E-state index in [0.29, 0.717) is 16.7 Å². The summed E-state index contributed by atoms with van der Waals surface area (Å²) in [6, 6.07) is 11.9. The van der Waals surface area contributed by atoms with Crippen LogP contribution >= 0.6 is 0 Å². The van der Waals surface area contributed by atoms with Crippen LogP contribution in [0.2, 0.25) is 0 Å². The Hall–Kier alpha value is -3.55. The maximum Gasteiger partial charge on any atom is 0.261 e. The van der Waals surface area contributed by atoms with E-state index in [9.17, 15) is 23.6 Å². The van der Waals surface area contributed by atoms with Crippen LogP contribution in [0.5, 0.6) is 0 Å². The third kappa shape index (κ3) is 5.58. The lowest BCUT2D eigenvalue weighted by Gasteiger charge is -2.30. The molecule has 8 heteroatoms. The lowest BCUT2D eigenvalue weighted by atomic mass is 10.1. The smallest absolute Gasteiger partial charge is 0.261 e. The molecule has 0 unspecified atom stereocenters. The molecule has 4 rings (SSSR count). The van der Waals surface area contributed by atoms with Crippen LogP contribution in [0.4, 0.5) is 4.39 Å². The largest absolute Gasteiger partial charge is 0.352 e. The molecule has 0 saturated heterocycles. The summed E-state index contributed by atoms with van der Waals surface area (Å²) >= 11 is 0. The van der Waals surface area contributed by atoms with Crippen LogP contribution in [0.15, 0.2) is 48.5 Å². The Morgan fingerprint density at radius 2 is 1.63 bits per heavy atom. The quantitative estimate of drug-likeness (QED) is 0.556. The average molecular weight is 480 g/mol. The zero-order valence-electron chi connectivity index (χ0n) is 19.8. The van der Waals surface area contributed by atoms with Crippen molar-refractivity contribution in [3.05, 3.63) is 71.0 Å². The molecular formula is C27H30FN3O4. The minimum absolute atomic E-state index is 0.0651. The van der Waals surface area contributed by atoms with Gasteiger partial charge in [-0.15, -0.1) is 0 Å². The summed E-state index contributed by atoms with van der Waals surface area (Å²) in [6.07, 6.45) is 4.37. The van der Waals surface area contributed by atoms with Crippen LogP contribution in [0.1, 0.15) is 71.7 Å². The Kier molecular flexibility index (Phi) is 7.58. The van der Waals surface area contributed by atoms with Gasteiger partial charge in [-0.3, -0.25) is 24.1 Å². The number of hydrogen-bond acceptors (Lipinski definition) is 4. The predicted molar refractivity (Wildman–Crippen MR) is 128 cm³/mol. The number of rotatable bonds is 9. The Balaban J connectivity index is 1.40. The van der Waals surface area contributed by atoms with Crippen molar-refractivity contribution in [2.24, 2.45) is 0 Å². The molecule has 1 atom stereocenters. The van der Waals surface area contributed by atoms with Gasteiger partial charge in [0.1, 0.15) is 11.9 Å². The predicted octanol–water partition coefficient (Wildman–Crippen LogP) is 3.68. The monoisotopic (exact) mass is 479 g/mol. The number of halogens is 1. The maximum absolute atomic E-state index is 13.4. The molecule has 0 spiro atoms. The van der Waals surface area contributed by atoms with Crippen molar-refractivity contribution in [1.82, 2.24) is 15.1 Å². The first-order valence-electron chi connectivity index (χ1n) is 12.1. The van der Waals surface area contributed by atoms with Crippen LogP contribution in [0, 0.1) is 5.82 Å². The van der Waals surface area contributed by atoms with Gasteiger partial charge in [0.15, 0.2) is 0 Å². The second-order valence-electron chi connectivity index (χ2n) is 9.23. The summed E-state index contributed by atoms with van der Waals surface area (Å²) < 4.78 is 13.4. The summed E-state index contributed by atoms with van der Waals surface area (Å²) in [5.41, 5.74) is 1.46. The molecule has 1 saturated carbocycles. The highest BCUT2D eigenvalue weighted by atomic mass is 19.1. The van der Waals surface area contributed by atoms with E-state index in [0.717, 1.165) is 25.7 Å². The van der Waals surface area contributed by atoms with Gasteiger partial charge in [0.05, 0.1) is 11.1 Å². The molecule has 1 aliphatic heterocycles. The van der Waals surface area contributed by atoms with Crippen LogP contribution in [0.3, 0.4) is 0 Å². The fourth-order valence-electron chi connectivity index (χ4n) is 4.74. The lowest BCUT2D eigenvalue weighted by molar-refractivity contribution is -0.141. The summed E-state index contributed by atoms with van der Waals surface area (Å²) in [5.74, 6) is -1.57. The number of hydrogen-bond donors (Lipinski definition) is 1. The molecule has 0 radical (unpaired) electrons. The summed E-state index contributed by atoms with van der Waals surface area (Å²) in [7, 11) is 0. The normalized spacial score (nSPS) is 16.3. The van der Waals surface area contributed by atoms with Gasteiger partial charge in [0, 0.05) is 25.6 Å². The van der Waals surface area contributed by atoms with E-state index in [1.165, 1.54) is 21.9 Å². The molecule has 0 bridgehead atoms. The van der Waals surface area contributed by atoms with Crippen molar-refractivity contribution < 1.29 is 23.6 Å². The standard InChI is InChI=1S/C27H30FN3O4/c1-18(25(33)29-21-7-2-3-8-21)31(17-19-12-14-20(28)15-13-19)24(32)11-6-16-30-26(34)22-9-4-5-10-23(22)27(30)35/h4-5,9-10,12-15,18,21H,2-3,6-8,11,16-17H2,1H3,(H,29,33)/t18-/m0/s1. The molecule has 1 heterocycles. The number of carbonyl (C=O) groups excluding carboxylic acids is 4. The zero-order valence-corrected chi connectivity index (χ0v) is 19.8. The SMILES string of the molecule is C[C@@H](C(=O)NC1CCCC1)N(Cc1ccc(F)cc1)C(=O)CCCN1C(=O)c2ccccc2C1=O. The molecule has 2 aromatic rings. The van der Waals surface area contributed by atoms with E-state index in [1.54, 1.807) is 43.3 Å². The Bertz CT molecular complexity index is 1080. The average Bonchev–Trinajstić information content (AvgIpc) is 3.45. The van der Waals surface area contributed by atoms with Crippen LogP contribution < -0.4 is 5.32 Å². The Morgan fingerprint density at radius 3 is 2.23 bits per heavy atom. The second-order valence-corrected chi connectivity index (χ2v) is 9.23. The van der Waals surface area contributed by atoms with Gasteiger partial charge in [0.25, 0.3) is 11.8 Å². The highest BCUT2D eigenvalue weighted by molar-refractivity contribution is 6.21. The van der Waals surface area contributed by atoms with Crippen LogP contribution in [-0.2, 0) is 16.1 Å². The zero-order chi connectivity index (χ0) is 24.9. The minimum atomic E-state index is -0.715. The molecule has 184 valence electrons. The molecule has 7 nitrogen and oxygen atoms in total. The first-order valence-corrected chi connectivity index (χ1v) is 12.1. The minimum Gasteiger partial charge on any atom is -0.352 e. The summed E-state index contributed by atoms with van der Waals surface area (Å²) in [4.78, 5) is 54.0. The third-order valence-corrected chi connectivity index (χ3v) is 6.79. The van der Waals surface area contributed by atoms with Crippen molar-refractivity contribution >= 4 is 23.6 Å². The molecule has 35 heavy (non-hydrogen) atoms. The first kappa shape index (κ1) is 24.6. The molecule has 0 aromatic heterocycles. The Morgan fingerprint density at radius 1 is 1.03 bits per heavy atom. The summed E-state index contributed by atoms with van der Waals surface area (Å²) in [6.45, 7) is 1.96. The third-order valence-electron chi connectivity index (χ3n) is 6.79. The Labute approximate surface area is 204 Å². The lowest BCUT2D eigenvalue weighted by Crippen LogP contribution is -2.49. The molecule has 2 aromatic carbocycles. The van der Waals surface area contributed by atoms with E-state index in [4.69, 9.17) is 0 Å². The number of benzene rings is 2. The maximum atomic E-state index is 13.4. The summed E-state index contributed by atoms with van der Waals surface area (Å²) in [5, 5.41) is 3.04. The van der Waals surface area contributed by atoms with E-state index in [1.807, 2.05) is 0 Å². The number of nitrogens with zero attached hydrogens (tertiary/aromatic N) is 2. The van der Waals surface area contributed by atoms with Gasteiger partial charge in [-0.25, -0.2) is 4.39 Å². The molecule has 1 aliphatic carbocycles. The van der Waals surface area contributed by atoms with E-state index >= 15 is 0 Å². The fourth-order valence-corrected chi connectivity index (χ4v) is 4.74. The highest BCUT2D eigenvalue weighted by Gasteiger charge is 2.35. The molecule has 1 N–H and O–H groups in total. The number of amides is 4. The van der Waals surface area contributed by atoms with Crippen LogP contribution in [-0.4, -0.2) is 52.1 Å². The van der Waals surface area contributed by atoms with Crippen molar-refractivity contribution in [3.63, 3.8) is 0 Å².